The summed E-state index contributed by atoms with van der Waals surface area (Å²) in [6.07, 6.45) is 0. The number of para-hydroxylation sites is 2. The van der Waals surface area contributed by atoms with Crippen molar-refractivity contribution in [1.29, 1.82) is 0 Å². The molecule has 0 bridgehead atoms. The molecule has 2 aromatic carbocycles. The molecule has 1 saturated heterocycles. The summed E-state index contributed by atoms with van der Waals surface area (Å²) in [6, 6.07) is 15.8. The summed E-state index contributed by atoms with van der Waals surface area (Å²) in [5.74, 6) is 0.946. The standard InChI is InChI=1S/C20H24BrN3O2/c1-2-26-19-9-4-3-8-18(19)24-12-10-23(11-13-24)15-20(25)22-17-7-5-6-16(21)14-17/h3-9,14H,2,10-13,15H2,1H3,(H,22,25). The highest BCUT2D eigenvalue weighted by Crippen LogP contribution is 2.28. The molecule has 1 N–H and O–H groups in total. The van der Waals surface area contributed by atoms with E-state index in [9.17, 15) is 4.79 Å². The van der Waals surface area contributed by atoms with E-state index >= 15 is 0 Å². The summed E-state index contributed by atoms with van der Waals surface area (Å²) >= 11 is 3.42. The summed E-state index contributed by atoms with van der Waals surface area (Å²) in [7, 11) is 0. The molecule has 2 aromatic rings. The number of anilines is 2. The molecule has 1 heterocycles. The van der Waals surface area contributed by atoms with Gasteiger partial charge < -0.3 is 15.0 Å². The Morgan fingerprint density at radius 2 is 1.88 bits per heavy atom. The molecule has 3 rings (SSSR count). The number of benzene rings is 2. The third-order valence-corrected chi connectivity index (χ3v) is 4.85. The van der Waals surface area contributed by atoms with Crippen molar-refractivity contribution in [2.75, 3.05) is 49.5 Å². The summed E-state index contributed by atoms with van der Waals surface area (Å²) < 4.78 is 6.69. The first-order valence-corrected chi connectivity index (χ1v) is 9.69. The zero-order valence-electron chi connectivity index (χ0n) is 15.0. The molecule has 1 aliphatic heterocycles. The number of carbonyl (C=O) groups is 1. The summed E-state index contributed by atoms with van der Waals surface area (Å²) in [5.41, 5.74) is 1.95. The van der Waals surface area contributed by atoms with Crippen LogP contribution in [-0.2, 0) is 4.79 Å². The van der Waals surface area contributed by atoms with Gasteiger partial charge in [0.15, 0.2) is 0 Å². The van der Waals surface area contributed by atoms with Crippen molar-refractivity contribution < 1.29 is 9.53 Å². The zero-order chi connectivity index (χ0) is 18.4. The lowest BCUT2D eigenvalue weighted by atomic mass is 10.2. The molecule has 26 heavy (non-hydrogen) atoms. The molecule has 0 spiro atoms. The van der Waals surface area contributed by atoms with Crippen LogP contribution in [0.15, 0.2) is 53.0 Å². The van der Waals surface area contributed by atoms with Crippen molar-refractivity contribution in [2.45, 2.75) is 6.92 Å². The molecule has 0 unspecified atom stereocenters. The van der Waals surface area contributed by atoms with Gasteiger partial charge in [-0.15, -0.1) is 0 Å². The van der Waals surface area contributed by atoms with Crippen molar-refractivity contribution in [1.82, 2.24) is 4.90 Å². The molecule has 1 fully saturated rings. The second-order valence-corrected chi connectivity index (χ2v) is 7.14. The minimum atomic E-state index is 0.0197. The quantitative estimate of drug-likeness (QED) is 0.779. The molecular weight excluding hydrogens is 394 g/mol. The lowest BCUT2D eigenvalue weighted by molar-refractivity contribution is -0.117. The molecule has 0 atom stereocenters. The first-order chi connectivity index (χ1) is 12.7. The van der Waals surface area contributed by atoms with Gasteiger partial charge in [0.1, 0.15) is 5.75 Å². The SMILES string of the molecule is CCOc1ccccc1N1CCN(CC(=O)Nc2cccc(Br)c2)CC1. The number of piperazine rings is 1. The number of amides is 1. The van der Waals surface area contributed by atoms with Gasteiger partial charge in [0, 0.05) is 36.3 Å². The molecular formula is C20H24BrN3O2. The molecule has 6 heteroatoms. The minimum Gasteiger partial charge on any atom is -0.492 e. The lowest BCUT2D eigenvalue weighted by Gasteiger charge is -2.36. The van der Waals surface area contributed by atoms with Crippen LogP contribution in [0.2, 0.25) is 0 Å². The van der Waals surface area contributed by atoms with E-state index in [1.165, 1.54) is 0 Å². The first-order valence-electron chi connectivity index (χ1n) is 8.90. The number of carbonyl (C=O) groups excluding carboxylic acids is 1. The average molecular weight is 418 g/mol. The van der Waals surface area contributed by atoms with Gasteiger partial charge in [-0.1, -0.05) is 34.1 Å². The lowest BCUT2D eigenvalue weighted by Crippen LogP contribution is -2.48. The predicted octanol–water partition coefficient (Wildman–Crippen LogP) is 3.61. The largest absolute Gasteiger partial charge is 0.492 e. The van der Waals surface area contributed by atoms with Gasteiger partial charge in [-0.05, 0) is 37.3 Å². The topological polar surface area (TPSA) is 44.8 Å². The molecule has 1 aliphatic rings. The van der Waals surface area contributed by atoms with Crippen LogP contribution in [0.25, 0.3) is 0 Å². The number of hydrogen-bond donors (Lipinski definition) is 1. The Morgan fingerprint density at radius 3 is 2.62 bits per heavy atom. The first kappa shape index (κ1) is 18.7. The summed E-state index contributed by atoms with van der Waals surface area (Å²) in [5, 5.41) is 2.95. The summed E-state index contributed by atoms with van der Waals surface area (Å²) in [4.78, 5) is 16.8. The van der Waals surface area contributed by atoms with Crippen molar-refractivity contribution in [2.24, 2.45) is 0 Å². The summed E-state index contributed by atoms with van der Waals surface area (Å²) in [6.45, 7) is 6.54. The molecule has 5 nitrogen and oxygen atoms in total. The van der Waals surface area contributed by atoms with Crippen LogP contribution in [0.1, 0.15) is 6.92 Å². The highest BCUT2D eigenvalue weighted by Gasteiger charge is 2.21. The molecule has 0 aromatic heterocycles. The fourth-order valence-electron chi connectivity index (χ4n) is 3.11. The highest BCUT2D eigenvalue weighted by molar-refractivity contribution is 9.10. The third-order valence-electron chi connectivity index (χ3n) is 4.35. The minimum absolute atomic E-state index is 0.0197. The molecule has 138 valence electrons. The number of ether oxygens (including phenoxy) is 1. The van der Waals surface area contributed by atoms with E-state index in [0.717, 1.165) is 47.8 Å². The van der Waals surface area contributed by atoms with Crippen molar-refractivity contribution >= 4 is 33.2 Å². The maximum Gasteiger partial charge on any atom is 0.238 e. The number of rotatable bonds is 6. The second kappa shape index (κ2) is 9.05. The molecule has 1 amide bonds. The number of nitrogens with one attached hydrogen (secondary N) is 1. The van der Waals surface area contributed by atoms with E-state index in [-0.39, 0.29) is 5.91 Å². The Morgan fingerprint density at radius 1 is 1.12 bits per heavy atom. The van der Waals surface area contributed by atoms with Gasteiger partial charge in [-0.3, -0.25) is 9.69 Å². The van der Waals surface area contributed by atoms with Gasteiger partial charge in [-0.25, -0.2) is 0 Å². The van der Waals surface area contributed by atoms with E-state index in [0.29, 0.717) is 13.2 Å². The van der Waals surface area contributed by atoms with Crippen LogP contribution in [0.4, 0.5) is 11.4 Å². The van der Waals surface area contributed by atoms with Gasteiger partial charge in [0.25, 0.3) is 0 Å². The van der Waals surface area contributed by atoms with Crippen LogP contribution in [0.3, 0.4) is 0 Å². The van der Waals surface area contributed by atoms with Gasteiger partial charge in [0.2, 0.25) is 5.91 Å². The van der Waals surface area contributed by atoms with Crippen molar-refractivity contribution in [3.8, 4) is 5.75 Å². The monoisotopic (exact) mass is 417 g/mol. The van der Waals surface area contributed by atoms with Crippen molar-refractivity contribution in [3.05, 3.63) is 53.0 Å². The van der Waals surface area contributed by atoms with Crippen LogP contribution in [0.5, 0.6) is 5.75 Å². The Bertz CT molecular complexity index is 745. The maximum absolute atomic E-state index is 12.3. The highest BCUT2D eigenvalue weighted by atomic mass is 79.9. The van der Waals surface area contributed by atoms with Crippen LogP contribution in [0, 0.1) is 0 Å². The Labute approximate surface area is 163 Å². The van der Waals surface area contributed by atoms with Crippen LogP contribution < -0.4 is 15.0 Å². The Hall–Kier alpha value is -2.05. The van der Waals surface area contributed by atoms with E-state index in [1.54, 1.807) is 0 Å². The van der Waals surface area contributed by atoms with Crippen molar-refractivity contribution in [3.63, 3.8) is 0 Å². The fourth-order valence-corrected chi connectivity index (χ4v) is 3.51. The molecule has 0 saturated carbocycles. The number of hydrogen-bond acceptors (Lipinski definition) is 4. The average Bonchev–Trinajstić information content (AvgIpc) is 2.63. The normalized spacial score (nSPS) is 14.9. The number of nitrogens with zero attached hydrogens (tertiary/aromatic N) is 2. The number of halogens is 1. The maximum atomic E-state index is 12.3. The molecule has 0 radical (unpaired) electrons. The van der Waals surface area contributed by atoms with Gasteiger partial charge in [-0.2, -0.15) is 0 Å². The fraction of sp³-hybridized carbons (Fsp3) is 0.350. The van der Waals surface area contributed by atoms with Gasteiger partial charge >= 0.3 is 0 Å². The third kappa shape index (κ3) is 4.99. The second-order valence-electron chi connectivity index (χ2n) is 6.22. The van der Waals surface area contributed by atoms with Crippen LogP contribution in [-0.4, -0.2) is 50.1 Å². The molecule has 0 aliphatic carbocycles. The Kier molecular flexibility index (Phi) is 6.52. The van der Waals surface area contributed by atoms with E-state index in [1.807, 2.05) is 49.4 Å². The van der Waals surface area contributed by atoms with Crippen LogP contribution >= 0.6 is 15.9 Å². The van der Waals surface area contributed by atoms with Gasteiger partial charge in [0.05, 0.1) is 18.8 Å². The predicted molar refractivity (Wildman–Crippen MR) is 109 cm³/mol. The smallest absolute Gasteiger partial charge is 0.238 e. The zero-order valence-corrected chi connectivity index (χ0v) is 16.5. The van der Waals surface area contributed by atoms with E-state index < -0.39 is 0 Å². The van der Waals surface area contributed by atoms with E-state index in [4.69, 9.17) is 4.74 Å². The Balaban J connectivity index is 1.52. The van der Waals surface area contributed by atoms with E-state index in [2.05, 4.69) is 37.1 Å².